The molecule has 102 valence electrons. The van der Waals surface area contributed by atoms with E-state index in [1.807, 2.05) is 0 Å². The predicted octanol–water partition coefficient (Wildman–Crippen LogP) is 0.992. The number of rotatable bonds is 3. The van der Waals surface area contributed by atoms with Crippen LogP contribution in [-0.2, 0) is 4.79 Å². The lowest BCUT2D eigenvalue weighted by molar-refractivity contribution is -0.138. The van der Waals surface area contributed by atoms with Gasteiger partial charge >= 0.3 is 5.97 Å². The maximum Gasteiger partial charge on any atom is 0.303 e. The SMILES string of the molecule is O=C(O)CC1CC2CCC(C1)N2c1cc(=O)[nH]cn1. The summed E-state index contributed by atoms with van der Waals surface area (Å²) in [6.45, 7) is 0. The second-order valence-electron chi connectivity index (χ2n) is 5.50. The maximum absolute atomic E-state index is 11.4. The van der Waals surface area contributed by atoms with E-state index in [0.29, 0.717) is 12.1 Å². The van der Waals surface area contributed by atoms with Crippen LogP contribution in [0.3, 0.4) is 0 Å². The number of carbonyl (C=O) groups is 1. The average molecular weight is 263 g/mol. The fraction of sp³-hybridized carbons (Fsp3) is 0.615. The number of hydrogen-bond donors (Lipinski definition) is 2. The zero-order valence-corrected chi connectivity index (χ0v) is 10.6. The molecule has 0 amide bonds. The summed E-state index contributed by atoms with van der Waals surface area (Å²) in [4.78, 5) is 31.2. The summed E-state index contributed by atoms with van der Waals surface area (Å²) in [5.41, 5.74) is -0.142. The molecule has 0 aromatic carbocycles. The molecule has 3 heterocycles. The van der Waals surface area contributed by atoms with E-state index in [4.69, 9.17) is 5.11 Å². The zero-order chi connectivity index (χ0) is 13.4. The Labute approximate surface area is 110 Å². The Morgan fingerprint density at radius 3 is 2.68 bits per heavy atom. The number of nitrogens with zero attached hydrogens (tertiary/aromatic N) is 2. The quantitative estimate of drug-likeness (QED) is 0.849. The van der Waals surface area contributed by atoms with Gasteiger partial charge in [0.2, 0.25) is 0 Å². The van der Waals surface area contributed by atoms with Gasteiger partial charge in [-0.15, -0.1) is 0 Å². The molecule has 2 fully saturated rings. The van der Waals surface area contributed by atoms with Crippen LogP contribution in [0.5, 0.6) is 0 Å². The number of H-pyrrole nitrogens is 1. The molecule has 2 N–H and O–H groups in total. The van der Waals surface area contributed by atoms with Crippen LogP contribution in [-0.4, -0.2) is 33.1 Å². The Kier molecular flexibility index (Phi) is 3.00. The molecule has 3 rings (SSSR count). The van der Waals surface area contributed by atoms with Crippen LogP contribution in [0.25, 0.3) is 0 Å². The molecule has 2 aliphatic heterocycles. The Morgan fingerprint density at radius 1 is 1.42 bits per heavy atom. The van der Waals surface area contributed by atoms with E-state index in [2.05, 4.69) is 14.9 Å². The molecule has 0 radical (unpaired) electrons. The lowest BCUT2D eigenvalue weighted by Gasteiger charge is -2.39. The summed E-state index contributed by atoms with van der Waals surface area (Å²) >= 11 is 0. The fourth-order valence-corrected chi connectivity index (χ4v) is 3.58. The summed E-state index contributed by atoms with van der Waals surface area (Å²) in [6.07, 6.45) is 5.59. The molecule has 2 unspecified atom stereocenters. The van der Waals surface area contributed by atoms with Gasteiger partial charge in [-0.3, -0.25) is 9.59 Å². The van der Waals surface area contributed by atoms with Crippen LogP contribution < -0.4 is 10.5 Å². The number of piperidine rings is 1. The van der Waals surface area contributed by atoms with E-state index in [0.717, 1.165) is 31.5 Å². The summed E-state index contributed by atoms with van der Waals surface area (Å²) in [5.74, 6) is 0.269. The standard InChI is InChI=1S/C13H17N3O3/c17-12-6-11(14-7-15-12)16-9-1-2-10(16)4-8(3-9)5-13(18)19/h6-10H,1-5H2,(H,18,19)(H,14,15,17). The minimum absolute atomic E-state index is 0.142. The molecule has 6 heteroatoms. The molecule has 0 saturated carbocycles. The molecule has 0 aliphatic carbocycles. The van der Waals surface area contributed by atoms with Crippen molar-refractivity contribution in [3.8, 4) is 0 Å². The van der Waals surface area contributed by atoms with Gasteiger partial charge in [0.05, 0.1) is 6.33 Å². The number of aromatic amines is 1. The third-order valence-electron chi connectivity index (χ3n) is 4.22. The van der Waals surface area contributed by atoms with E-state index >= 15 is 0 Å². The van der Waals surface area contributed by atoms with Gasteiger partial charge in [-0.25, -0.2) is 4.98 Å². The monoisotopic (exact) mass is 263 g/mol. The topological polar surface area (TPSA) is 86.3 Å². The van der Waals surface area contributed by atoms with Crippen molar-refractivity contribution in [2.75, 3.05) is 4.90 Å². The number of anilines is 1. The van der Waals surface area contributed by atoms with E-state index in [9.17, 15) is 9.59 Å². The first-order valence-corrected chi connectivity index (χ1v) is 6.68. The van der Waals surface area contributed by atoms with Gasteiger partial charge in [-0.05, 0) is 31.6 Å². The van der Waals surface area contributed by atoms with Gasteiger partial charge in [0.15, 0.2) is 0 Å². The van der Waals surface area contributed by atoms with Crippen LogP contribution >= 0.6 is 0 Å². The molecule has 0 spiro atoms. The fourth-order valence-electron chi connectivity index (χ4n) is 3.58. The summed E-state index contributed by atoms with van der Waals surface area (Å²) in [5, 5.41) is 8.91. The molecule has 2 bridgehead atoms. The van der Waals surface area contributed by atoms with Gasteiger partial charge in [-0.2, -0.15) is 0 Å². The number of carboxylic acid groups (broad SMARTS) is 1. The first kappa shape index (κ1) is 12.2. The minimum atomic E-state index is -0.716. The van der Waals surface area contributed by atoms with E-state index in [1.54, 1.807) is 0 Å². The number of aliphatic carboxylic acids is 1. The predicted molar refractivity (Wildman–Crippen MR) is 69.1 cm³/mol. The molecule has 2 saturated heterocycles. The molecular formula is C13H17N3O3. The summed E-state index contributed by atoms with van der Waals surface area (Å²) in [7, 11) is 0. The lowest BCUT2D eigenvalue weighted by Crippen LogP contribution is -2.44. The Bertz CT molecular complexity index is 528. The minimum Gasteiger partial charge on any atom is -0.481 e. The van der Waals surface area contributed by atoms with Gasteiger partial charge in [0.1, 0.15) is 5.82 Å². The Morgan fingerprint density at radius 2 is 2.11 bits per heavy atom. The third-order valence-corrected chi connectivity index (χ3v) is 4.22. The van der Waals surface area contributed by atoms with Crippen molar-refractivity contribution in [2.24, 2.45) is 5.92 Å². The average Bonchev–Trinajstić information content (AvgIpc) is 2.61. The number of aromatic nitrogens is 2. The van der Waals surface area contributed by atoms with Crippen LogP contribution in [0.4, 0.5) is 5.82 Å². The van der Waals surface area contributed by atoms with E-state index in [-0.39, 0.29) is 17.9 Å². The molecule has 1 aromatic heterocycles. The molecule has 19 heavy (non-hydrogen) atoms. The number of carboxylic acids is 1. The van der Waals surface area contributed by atoms with Crippen LogP contribution in [0.2, 0.25) is 0 Å². The first-order chi connectivity index (χ1) is 9.13. The summed E-state index contributed by atoms with van der Waals surface area (Å²) < 4.78 is 0. The summed E-state index contributed by atoms with van der Waals surface area (Å²) in [6, 6.07) is 2.19. The first-order valence-electron chi connectivity index (χ1n) is 6.68. The van der Waals surface area contributed by atoms with Crippen molar-refractivity contribution < 1.29 is 9.90 Å². The van der Waals surface area contributed by atoms with Crippen molar-refractivity contribution >= 4 is 11.8 Å². The van der Waals surface area contributed by atoms with Crippen LogP contribution in [0.1, 0.15) is 32.1 Å². The second kappa shape index (κ2) is 4.68. The smallest absolute Gasteiger partial charge is 0.303 e. The van der Waals surface area contributed by atoms with Crippen molar-refractivity contribution in [3.05, 3.63) is 22.7 Å². The zero-order valence-electron chi connectivity index (χ0n) is 10.6. The van der Waals surface area contributed by atoms with Crippen molar-refractivity contribution in [2.45, 2.75) is 44.2 Å². The largest absolute Gasteiger partial charge is 0.481 e. The lowest BCUT2D eigenvalue weighted by atomic mass is 9.88. The number of nitrogens with one attached hydrogen (secondary N) is 1. The van der Waals surface area contributed by atoms with Gasteiger partial charge in [0.25, 0.3) is 5.56 Å². The second-order valence-corrected chi connectivity index (χ2v) is 5.50. The Hall–Kier alpha value is -1.85. The van der Waals surface area contributed by atoms with E-state index < -0.39 is 5.97 Å². The number of hydrogen-bond acceptors (Lipinski definition) is 4. The normalized spacial score (nSPS) is 29.5. The number of fused-ring (bicyclic) bond motifs is 2. The van der Waals surface area contributed by atoms with Crippen LogP contribution in [0, 0.1) is 5.92 Å². The van der Waals surface area contributed by atoms with Crippen molar-refractivity contribution in [1.82, 2.24) is 9.97 Å². The van der Waals surface area contributed by atoms with Gasteiger partial charge in [0, 0.05) is 24.6 Å². The Balaban J connectivity index is 1.80. The maximum atomic E-state index is 11.4. The van der Waals surface area contributed by atoms with Crippen molar-refractivity contribution in [3.63, 3.8) is 0 Å². The third kappa shape index (κ3) is 2.34. The molecule has 6 nitrogen and oxygen atoms in total. The highest BCUT2D eigenvalue weighted by molar-refractivity contribution is 5.67. The molecule has 2 atom stereocenters. The molecule has 2 aliphatic rings. The molecular weight excluding hydrogens is 246 g/mol. The molecule has 1 aromatic rings. The highest BCUT2D eigenvalue weighted by atomic mass is 16.4. The van der Waals surface area contributed by atoms with Crippen molar-refractivity contribution in [1.29, 1.82) is 0 Å². The highest BCUT2D eigenvalue weighted by Crippen LogP contribution is 2.41. The van der Waals surface area contributed by atoms with E-state index in [1.165, 1.54) is 12.4 Å². The van der Waals surface area contributed by atoms with Crippen LogP contribution in [0.15, 0.2) is 17.2 Å². The highest BCUT2D eigenvalue weighted by Gasteiger charge is 2.41. The van der Waals surface area contributed by atoms with Gasteiger partial charge < -0.3 is 15.0 Å². The van der Waals surface area contributed by atoms with Gasteiger partial charge in [-0.1, -0.05) is 0 Å².